The molecule has 0 rings (SSSR count). The van der Waals surface area contributed by atoms with Crippen LogP contribution in [-0.4, -0.2) is 36.4 Å². The molecule has 5 heteroatoms. The first-order valence-electron chi connectivity index (χ1n) is 30.7. The van der Waals surface area contributed by atoms with Crippen LogP contribution in [0.5, 0.6) is 0 Å². The molecule has 0 aliphatic heterocycles. The van der Waals surface area contributed by atoms with Crippen LogP contribution in [0, 0.1) is 0 Å². The van der Waals surface area contributed by atoms with Crippen LogP contribution in [-0.2, 0) is 19.1 Å². The van der Waals surface area contributed by atoms with E-state index in [1.165, 1.54) is 244 Å². The number of hydrogen-bond donors (Lipinski definition) is 1. The van der Waals surface area contributed by atoms with Gasteiger partial charge in [0.1, 0.15) is 6.61 Å². The summed E-state index contributed by atoms with van der Waals surface area (Å²) in [5.74, 6) is -0.571. The fraction of sp³-hybridized carbons (Fsp3) is 0.844. The van der Waals surface area contributed by atoms with Crippen LogP contribution in [0.2, 0.25) is 0 Å². The van der Waals surface area contributed by atoms with E-state index in [0.29, 0.717) is 12.8 Å². The molecule has 0 amide bonds. The molecule has 0 saturated carbocycles. The van der Waals surface area contributed by atoms with E-state index in [-0.39, 0.29) is 25.2 Å². The fourth-order valence-electron chi connectivity index (χ4n) is 9.32. The molecule has 0 bridgehead atoms. The van der Waals surface area contributed by atoms with Crippen LogP contribution in [0.1, 0.15) is 328 Å². The summed E-state index contributed by atoms with van der Waals surface area (Å²) in [6, 6.07) is 0. The summed E-state index contributed by atoms with van der Waals surface area (Å²) in [4.78, 5) is 24.6. The first-order valence-corrected chi connectivity index (χ1v) is 30.7. The van der Waals surface area contributed by atoms with Gasteiger partial charge in [-0.3, -0.25) is 9.59 Å². The highest BCUT2D eigenvalue weighted by Crippen LogP contribution is 2.18. The minimum Gasteiger partial charge on any atom is -0.462 e. The minimum absolute atomic E-state index is 0.0608. The number of unbranched alkanes of at least 4 members (excludes halogenated alkanes) is 41. The Bertz CT molecular complexity index is 1140. The number of esters is 2. The third-order valence-corrected chi connectivity index (χ3v) is 13.9. The van der Waals surface area contributed by atoms with Crippen molar-refractivity contribution < 1.29 is 24.2 Å². The second-order valence-corrected chi connectivity index (χ2v) is 20.8. The molecule has 404 valence electrons. The summed E-state index contributed by atoms with van der Waals surface area (Å²) in [6.07, 6.45) is 79.7. The molecular weight excluding hydrogens is 849 g/mol. The van der Waals surface area contributed by atoms with Gasteiger partial charge in [0.15, 0.2) is 6.10 Å². The van der Waals surface area contributed by atoms with Crippen LogP contribution in [0.4, 0.5) is 0 Å². The van der Waals surface area contributed by atoms with E-state index in [1.807, 2.05) is 0 Å². The summed E-state index contributed by atoms with van der Waals surface area (Å²) in [5.41, 5.74) is 0. The van der Waals surface area contributed by atoms with Gasteiger partial charge in [-0.2, -0.15) is 0 Å². The van der Waals surface area contributed by atoms with Crippen molar-refractivity contribution in [2.75, 3.05) is 13.2 Å². The van der Waals surface area contributed by atoms with Crippen molar-refractivity contribution in [2.45, 2.75) is 335 Å². The molecule has 0 radical (unpaired) electrons. The quantitative estimate of drug-likeness (QED) is 0.0373. The Morgan fingerprint density at radius 2 is 0.623 bits per heavy atom. The Labute approximate surface area is 430 Å². The zero-order valence-electron chi connectivity index (χ0n) is 46.3. The predicted octanol–water partition coefficient (Wildman–Crippen LogP) is 20.8. The van der Waals surface area contributed by atoms with E-state index >= 15 is 0 Å². The molecule has 0 heterocycles. The van der Waals surface area contributed by atoms with Crippen LogP contribution in [0.15, 0.2) is 48.6 Å². The Morgan fingerprint density at radius 3 is 0.942 bits per heavy atom. The molecule has 0 aromatic rings. The Kier molecular flexibility index (Phi) is 58.3. The SMILES string of the molecule is CC/C=C\C/C=C\C/C=C\C/C=C\CCCCCCCCCCCCCCCCCCC(=O)OC(CO)COC(=O)CCCCCCCCCCCCCCCCCCCCCCCCCCCC. The summed E-state index contributed by atoms with van der Waals surface area (Å²) >= 11 is 0. The Balaban J connectivity index is 3.42. The van der Waals surface area contributed by atoms with Gasteiger partial charge in [0.05, 0.1) is 6.61 Å². The number of carbonyl (C=O) groups is 2. The number of allylic oxidation sites excluding steroid dienone is 8. The molecular formula is C64H118O5. The van der Waals surface area contributed by atoms with E-state index in [4.69, 9.17) is 9.47 Å². The summed E-state index contributed by atoms with van der Waals surface area (Å²) in [5, 5.41) is 9.67. The van der Waals surface area contributed by atoms with Crippen molar-refractivity contribution in [3.8, 4) is 0 Å². The predicted molar refractivity (Wildman–Crippen MR) is 302 cm³/mol. The van der Waals surface area contributed by atoms with Gasteiger partial charge in [-0.15, -0.1) is 0 Å². The lowest BCUT2D eigenvalue weighted by Gasteiger charge is -2.15. The summed E-state index contributed by atoms with van der Waals surface area (Å²) < 4.78 is 10.7. The lowest BCUT2D eigenvalue weighted by atomic mass is 10.0. The number of carbonyl (C=O) groups excluding carboxylic acids is 2. The monoisotopic (exact) mass is 967 g/mol. The third-order valence-electron chi connectivity index (χ3n) is 13.9. The molecule has 1 unspecified atom stereocenters. The van der Waals surface area contributed by atoms with Gasteiger partial charge in [-0.05, 0) is 51.4 Å². The fourth-order valence-corrected chi connectivity index (χ4v) is 9.32. The van der Waals surface area contributed by atoms with Gasteiger partial charge in [0.25, 0.3) is 0 Å². The normalized spacial score (nSPS) is 12.4. The second-order valence-electron chi connectivity index (χ2n) is 20.8. The van der Waals surface area contributed by atoms with E-state index in [0.717, 1.165) is 57.8 Å². The second kappa shape index (κ2) is 60.2. The van der Waals surface area contributed by atoms with E-state index < -0.39 is 6.10 Å². The first-order chi connectivity index (χ1) is 34.1. The standard InChI is InChI=1S/C64H118O5/c1-3-5-7-9-11-13-15-17-19-21-23-25-27-29-31-32-33-35-37-39-41-43-45-47-49-51-53-55-57-59-64(67)69-62(60-65)61-68-63(66)58-56-54-52-50-48-46-44-42-40-38-36-34-30-28-26-24-22-20-18-16-14-12-10-8-6-4-2/h5,7,11,13,17,19,23,25,62,65H,3-4,6,8-10,12,14-16,18,20-22,24,26-61H2,1-2H3/b7-5-,13-11-,19-17-,25-23-. The van der Waals surface area contributed by atoms with Crippen molar-refractivity contribution in [2.24, 2.45) is 0 Å². The average molecular weight is 968 g/mol. The molecule has 0 aromatic heterocycles. The molecule has 0 spiro atoms. The molecule has 69 heavy (non-hydrogen) atoms. The highest BCUT2D eigenvalue weighted by molar-refractivity contribution is 5.70. The highest BCUT2D eigenvalue weighted by atomic mass is 16.6. The van der Waals surface area contributed by atoms with Gasteiger partial charge in [0.2, 0.25) is 0 Å². The molecule has 1 N–H and O–H groups in total. The molecule has 1 atom stereocenters. The zero-order chi connectivity index (χ0) is 49.9. The van der Waals surface area contributed by atoms with Gasteiger partial charge in [-0.25, -0.2) is 0 Å². The molecule has 0 fully saturated rings. The Morgan fingerprint density at radius 1 is 0.348 bits per heavy atom. The van der Waals surface area contributed by atoms with Gasteiger partial charge >= 0.3 is 11.9 Å². The summed E-state index contributed by atoms with van der Waals surface area (Å²) in [7, 11) is 0. The first kappa shape index (κ1) is 66.9. The van der Waals surface area contributed by atoms with Crippen molar-refractivity contribution in [3.63, 3.8) is 0 Å². The van der Waals surface area contributed by atoms with E-state index in [9.17, 15) is 14.7 Å². The van der Waals surface area contributed by atoms with Gasteiger partial charge in [-0.1, -0.05) is 313 Å². The van der Waals surface area contributed by atoms with E-state index in [2.05, 4.69) is 62.5 Å². The minimum atomic E-state index is -0.771. The average Bonchev–Trinajstić information content (AvgIpc) is 3.35. The topological polar surface area (TPSA) is 72.8 Å². The smallest absolute Gasteiger partial charge is 0.306 e. The van der Waals surface area contributed by atoms with Gasteiger partial charge < -0.3 is 14.6 Å². The number of ether oxygens (including phenoxy) is 2. The number of rotatable bonds is 57. The molecule has 0 aliphatic rings. The maximum absolute atomic E-state index is 12.3. The molecule has 5 nitrogen and oxygen atoms in total. The number of aliphatic hydroxyl groups excluding tert-OH is 1. The maximum atomic E-state index is 12.3. The number of aliphatic hydroxyl groups is 1. The third kappa shape index (κ3) is 58.3. The van der Waals surface area contributed by atoms with Gasteiger partial charge in [0, 0.05) is 12.8 Å². The lowest BCUT2D eigenvalue weighted by Crippen LogP contribution is -2.28. The van der Waals surface area contributed by atoms with Crippen LogP contribution in [0.3, 0.4) is 0 Å². The largest absolute Gasteiger partial charge is 0.462 e. The van der Waals surface area contributed by atoms with Crippen molar-refractivity contribution >= 4 is 11.9 Å². The van der Waals surface area contributed by atoms with Crippen LogP contribution >= 0.6 is 0 Å². The van der Waals surface area contributed by atoms with Crippen molar-refractivity contribution in [1.29, 1.82) is 0 Å². The van der Waals surface area contributed by atoms with Crippen molar-refractivity contribution in [1.82, 2.24) is 0 Å². The molecule has 0 aliphatic carbocycles. The Hall–Kier alpha value is -2.14. The molecule has 0 aromatic carbocycles. The van der Waals surface area contributed by atoms with Crippen LogP contribution < -0.4 is 0 Å². The molecule has 0 saturated heterocycles. The number of hydrogen-bond acceptors (Lipinski definition) is 5. The lowest BCUT2D eigenvalue weighted by molar-refractivity contribution is -0.161. The van der Waals surface area contributed by atoms with E-state index in [1.54, 1.807) is 0 Å². The maximum Gasteiger partial charge on any atom is 0.306 e. The van der Waals surface area contributed by atoms with Crippen LogP contribution in [0.25, 0.3) is 0 Å². The zero-order valence-corrected chi connectivity index (χ0v) is 46.3. The highest BCUT2D eigenvalue weighted by Gasteiger charge is 2.16. The van der Waals surface area contributed by atoms with Crippen molar-refractivity contribution in [3.05, 3.63) is 48.6 Å². The summed E-state index contributed by atoms with van der Waals surface area (Å²) in [6.45, 7) is 4.08.